The molecule has 2 aromatic rings. The minimum absolute atomic E-state index is 0.0472. The van der Waals surface area contributed by atoms with Crippen LogP contribution in [0.2, 0.25) is 0 Å². The van der Waals surface area contributed by atoms with Gasteiger partial charge in [-0.15, -0.1) is 0 Å². The number of ether oxygens (including phenoxy) is 1. The minimum Gasteiger partial charge on any atom is -0.391 e. The summed E-state index contributed by atoms with van der Waals surface area (Å²) in [4.78, 5) is 21.5. The SMILES string of the molecule is CC(=NOCc1ccc(C(F)(F)F)cc1)c1ccc(NCC(=O)NCC2CCOCC2)nc1. The van der Waals surface area contributed by atoms with Gasteiger partial charge in [-0.1, -0.05) is 17.3 Å². The fourth-order valence-corrected chi connectivity index (χ4v) is 3.20. The number of nitrogens with one attached hydrogen (secondary N) is 2. The smallest absolute Gasteiger partial charge is 0.391 e. The van der Waals surface area contributed by atoms with Gasteiger partial charge in [0.05, 0.1) is 17.8 Å². The van der Waals surface area contributed by atoms with Crippen LogP contribution in [0, 0.1) is 5.92 Å². The number of carbonyl (C=O) groups is 1. The number of alkyl halides is 3. The minimum atomic E-state index is -4.36. The first-order valence-corrected chi connectivity index (χ1v) is 10.7. The van der Waals surface area contributed by atoms with Gasteiger partial charge in [-0.3, -0.25) is 4.79 Å². The quantitative estimate of drug-likeness (QED) is 0.433. The molecule has 1 fully saturated rings. The van der Waals surface area contributed by atoms with E-state index < -0.39 is 11.7 Å². The van der Waals surface area contributed by atoms with Gasteiger partial charge in [-0.25, -0.2) is 4.98 Å². The van der Waals surface area contributed by atoms with Crippen molar-refractivity contribution >= 4 is 17.4 Å². The summed E-state index contributed by atoms with van der Waals surface area (Å²) < 4.78 is 43.1. The molecule has 1 saturated heterocycles. The van der Waals surface area contributed by atoms with Crippen LogP contribution in [-0.4, -0.2) is 42.9 Å². The maximum atomic E-state index is 12.6. The van der Waals surface area contributed by atoms with Crippen LogP contribution < -0.4 is 10.6 Å². The number of aromatic nitrogens is 1. The highest BCUT2D eigenvalue weighted by molar-refractivity contribution is 5.98. The van der Waals surface area contributed by atoms with E-state index in [0.717, 1.165) is 43.8 Å². The average molecular weight is 464 g/mol. The third kappa shape index (κ3) is 8.05. The van der Waals surface area contributed by atoms with Crippen molar-refractivity contribution < 1.29 is 27.5 Å². The number of halogens is 3. The van der Waals surface area contributed by atoms with Crippen LogP contribution in [0.1, 0.15) is 36.5 Å². The normalized spacial score (nSPS) is 15.2. The summed E-state index contributed by atoms with van der Waals surface area (Å²) in [5.74, 6) is 0.920. The molecule has 1 aliphatic heterocycles. The molecule has 0 aliphatic carbocycles. The summed E-state index contributed by atoms with van der Waals surface area (Å²) in [5, 5.41) is 9.90. The fraction of sp³-hybridized carbons (Fsp3) is 0.435. The van der Waals surface area contributed by atoms with Crippen LogP contribution in [-0.2, 0) is 27.2 Å². The number of rotatable bonds is 9. The summed E-state index contributed by atoms with van der Waals surface area (Å²) in [6, 6.07) is 8.25. The lowest BCUT2D eigenvalue weighted by molar-refractivity contribution is -0.137. The number of pyridine rings is 1. The van der Waals surface area contributed by atoms with Crippen molar-refractivity contribution in [3.8, 4) is 0 Å². The number of carbonyl (C=O) groups excluding carboxylic acids is 1. The molecule has 2 heterocycles. The zero-order valence-corrected chi connectivity index (χ0v) is 18.3. The highest BCUT2D eigenvalue weighted by Crippen LogP contribution is 2.29. The lowest BCUT2D eigenvalue weighted by Crippen LogP contribution is -2.35. The molecule has 0 saturated carbocycles. The Balaban J connectivity index is 1.41. The molecule has 7 nitrogen and oxygen atoms in total. The number of oxime groups is 1. The predicted molar refractivity (Wildman–Crippen MR) is 118 cm³/mol. The Morgan fingerprint density at radius 3 is 2.55 bits per heavy atom. The molecule has 0 radical (unpaired) electrons. The van der Waals surface area contributed by atoms with Crippen molar-refractivity contribution in [2.75, 3.05) is 31.6 Å². The van der Waals surface area contributed by atoms with Gasteiger partial charge >= 0.3 is 6.18 Å². The summed E-state index contributed by atoms with van der Waals surface area (Å²) in [6.45, 7) is 4.05. The first kappa shape index (κ1) is 24.5. The third-order valence-electron chi connectivity index (χ3n) is 5.25. The van der Waals surface area contributed by atoms with Crippen molar-refractivity contribution in [2.24, 2.45) is 11.1 Å². The van der Waals surface area contributed by atoms with Crippen LogP contribution in [0.25, 0.3) is 0 Å². The van der Waals surface area contributed by atoms with Crippen molar-refractivity contribution in [1.29, 1.82) is 0 Å². The molecule has 33 heavy (non-hydrogen) atoms. The molecule has 10 heteroatoms. The largest absolute Gasteiger partial charge is 0.416 e. The molecule has 1 aromatic carbocycles. The number of hydrogen-bond acceptors (Lipinski definition) is 6. The topological polar surface area (TPSA) is 84.8 Å². The van der Waals surface area contributed by atoms with Crippen molar-refractivity contribution in [3.05, 3.63) is 59.3 Å². The molecule has 0 unspecified atom stereocenters. The molecule has 2 N–H and O–H groups in total. The number of benzene rings is 1. The van der Waals surface area contributed by atoms with Gasteiger partial charge in [0.15, 0.2) is 0 Å². The zero-order chi connectivity index (χ0) is 23.7. The van der Waals surface area contributed by atoms with Gasteiger partial charge in [0, 0.05) is 31.5 Å². The molecule has 0 spiro atoms. The fourth-order valence-electron chi connectivity index (χ4n) is 3.20. The Labute approximate surface area is 190 Å². The van der Waals surface area contributed by atoms with E-state index in [1.54, 1.807) is 25.3 Å². The van der Waals surface area contributed by atoms with E-state index in [4.69, 9.17) is 9.57 Å². The van der Waals surface area contributed by atoms with Gasteiger partial charge in [0.2, 0.25) is 5.91 Å². The van der Waals surface area contributed by atoms with Gasteiger partial charge in [-0.05, 0) is 55.5 Å². The standard InChI is InChI=1S/C23H27F3N4O3/c1-16(30-33-15-18-2-5-20(6-3-18)23(24,25)26)19-4-7-21(27-13-19)28-14-22(31)29-12-17-8-10-32-11-9-17/h2-7,13,17H,8-12,14-15H2,1H3,(H,27,28)(H,29,31). The number of hydrogen-bond donors (Lipinski definition) is 2. The Morgan fingerprint density at radius 1 is 1.18 bits per heavy atom. The van der Waals surface area contributed by atoms with Gasteiger partial charge < -0.3 is 20.2 Å². The highest BCUT2D eigenvalue weighted by atomic mass is 19.4. The van der Waals surface area contributed by atoms with Gasteiger partial charge in [-0.2, -0.15) is 13.2 Å². The third-order valence-corrected chi connectivity index (χ3v) is 5.25. The van der Waals surface area contributed by atoms with Crippen LogP contribution in [0.15, 0.2) is 47.8 Å². The highest BCUT2D eigenvalue weighted by Gasteiger charge is 2.29. The second kappa shape index (κ2) is 11.6. The number of anilines is 1. The van der Waals surface area contributed by atoms with E-state index in [9.17, 15) is 18.0 Å². The van der Waals surface area contributed by atoms with Gasteiger partial charge in [0.1, 0.15) is 12.4 Å². The van der Waals surface area contributed by atoms with Crippen LogP contribution in [0.4, 0.5) is 19.0 Å². The van der Waals surface area contributed by atoms with E-state index >= 15 is 0 Å². The van der Waals surface area contributed by atoms with Crippen molar-refractivity contribution in [2.45, 2.75) is 32.5 Å². The van der Waals surface area contributed by atoms with Crippen LogP contribution in [0.3, 0.4) is 0 Å². The summed E-state index contributed by atoms with van der Waals surface area (Å²) in [6.07, 6.45) is -0.837. The monoisotopic (exact) mass is 464 g/mol. The Hall–Kier alpha value is -3.14. The predicted octanol–water partition coefficient (Wildman–Crippen LogP) is 4.00. The Bertz CT molecular complexity index is 925. The second-order valence-corrected chi connectivity index (χ2v) is 7.79. The van der Waals surface area contributed by atoms with Crippen LogP contribution in [0.5, 0.6) is 0 Å². The first-order valence-electron chi connectivity index (χ1n) is 10.7. The Kier molecular flexibility index (Phi) is 8.65. The van der Waals surface area contributed by atoms with Crippen molar-refractivity contribution in [1.82, 2.24) is 10.3 Å². The summed E-state index contributed by atoms with van der Waals surface area (Å²) in [5.41, 5.74) is 1.15. The molecule has 3 rings (SSSR count). The van der Waals surface area contributed by atoms with E-state index in [1.165, 1.54) is 12.1 Å². The summed E-state index contributed by atoms with van der Waals surface area (Å²) in [7, 11) is 0. The van der Waals surface area contributed by atoms with Crippen LogP contribution >= 0.6 is 0 Å². The Morgan fingerprint density at radius 2 is 1.91 bits per heavy atom. The molecule has 0 atom stereocenters. The van der Waals surface area contributed by atoms with E-state index in [2.05, 4.69) is 20.8 Å². The maximum absolute atomic E-state index is 12.6. The van der Waals surface area contributed by atoms with Gasteiger partial charge in [0.25, 0.3) is 0 Å². The molecular formula is C23H27F3N4O3. The van der Waals surface area contributed by atoms with Crippen molar-refractivity contribution in [3.63, 3.8) is 0 Å². The molecular weight excluding hydrogens is 437 g/mol. The van der Waals surface area contributed by atoms with E-state index in [1.807, 2.05) is 0 Å². The molecule has 0 bridgehead atoms. The van der Waals surface area contributed by atoms with E-state index in [-0.39, 0.29) is 19.1 Å². The first-order chi connectivity index (χ1) is 15.8. The number of nitrogens with zero attached hydrogens (tertiary/aromatic N) is 2. The zero-order valence-electron chi connectivity index (χ0n) is 18.3. The molecule has 1 aliphatic rings. The molecule has 1 amide bonds. The second-order valence-electron chi connectivity index (χ2n) is 7.79. The molecule has 178 valence electrons. The lowest BCUT2D eigenvalue weighted by atomic mass is 10.0. The maximum Gasteiger partial charge on any atom is 0.416 e. The number of amides is 1. The summed E-state index contributed by atoms with van der Waals surface area (Å²) >= 11 is 0. The lowest BCUT2D eigenvalue weighted by Gasteiger charge is -2.22. The average Bonchev–Trinajstić information content (AvgIpc) is 2.82. The molecule has 1 aromatic heterocycles. The van der Waals surface area contributed by atoms with E-state index in [0.29, 0.717) is 29.6 Å².